The van der Waals surface area contributed by atoms with Crippen LogP contribution in [0, 0.1) is 5.41 Å². The van der Waals surface area contributed by atoms with Crippen molar-refractivity contribution >= 4 is 17.7 Å². The third-order valence-corrected chi connectivity index (χ3v) is 2.77. The standard InChI is InChI=1S/C12H20N2O3/c1-11(2,3)6-9(16)14-7-8(15)13-10(17)12(14,4)5/h6-7H2,1-5H3,(H,13,15,17). The van der Waals surface area contributed by atoms with Crippen LogP contribution in [0.4, 0.5) is 0 Å². The van der Waals surface area contributed by atoms with Gasteiger partial charge in [0, 0.05) is 6.42 Å². The van der Waals surface area contributed by atoms with Crippen LogP contribution >= 0.6 is 0 Å². The number of nitrogens with one attached hydrogen (secondary N) is 1. The molecule has 0 unspecified atom stereocenters. The van der Waals surface area contributed by atoms with Crippen LogP contribution in [0.1, 0.15) is 41.0 Å². The Labute approximate surface area is 102 Å². The summed E-state index contributed by atoms with van der Waals surface area (Å²) in [6.45, 7) is 9.09. The van der Waals surface area contributed by atoms with Crippen LogP contribution in [-0.4, -0.2) is 34.7 Å². The van der Waals surface area contributed by atoms with Crippen LogP contribution in [0.15, 0.2) is 0 Å². The molecule has 1 aliphatic heterocycles. The number of imide groups is 1. The molecular formula is C12H20N2O3. The first kappa shape index (κ1) is 13.7. The van der Waals surface area contributed by atoms with Crippen LogP contribution in [0.5, 0.6) is 0 Å². The summed E-state index contributed by atoms with van der Waals surface area (Å²) in [6.07, 6.45) is 0.316. The minimum atomic E-state index is -0.962. The van der Waals surface area contributed by atoms with Crippen molar-refractivity contribution in [3.8, 4) is 0 Å². The van der Waals surface area contributed by atoms with E-state index in [1.54, 1.807) is 13.8 Å². The average Bonchev–Trinajstić information content (AvgIpc) is 2.08. The first-order chi connectivity index (χ1) is 7.54. The minimum absolute atomic E-state index is 0.0480. The van der Waals surface area contributed by atoms with E-state index in [9.17, 15) is 14.4 Å². The number of hydrogen-bond acceptors (Lipinski definition) is 3. The Morgan fingerprint density at radius 3 is 2.35 bits per heavy atom. The highest BCUT2D eigenvalue weighted by Crippen LogP contribution is 2.25. The van der Waals surface area contributed by atoms with E-state index in [0.29, 0.717) is 6.42 Å². The molecule has 3 amide bonds. The van der Waals surface area contributed by atoms with E-state index in [1.165, 1.54) is 4.90 Å². The van der Waals surface area contributed by atoms with E-state index in [0.717, 1.165) is 0 Å². The van der Waals surface area contributed by atoms with Gasteiger partial charge in [0.05, 0.1) is 0 Å². The zero-order valence-electron chi connectivity index (χ0n) is 11.1. The highest BCUT2D eigenvalue weighted by molar-refractivity contribution is 6.06. The van der Waals surface area contributed by atoms with E-state index in [1.807, 2.05) is 20.8 Å². The number of carbonyl (C=O) groups is 3. The summed E-state index contributed by atoms with van der Waals surface area (Å²) in [4.78, 5) is 36.5. The third kappa shape index (κ3) is 3.05. The SMILES string of the molecule is CC(C)(C)CC(=O)N1CC(=O)NC(=O)C1(C)C. The Kier molecular flexibility index (Phi) is 3.32. The molecule has 0 atom stereocenters. The van der Waals surface area contributed by atoms with E-state index < -0.39 is 17.4 Å². The van der Waals surface area contributed by atoms with E-state index in [4.69, 9.17) is 0 Å². The summed E-state index contributed by atoms with van der Waals surface area (Å²) in [5, 5.41) is 2.25. The molecule has 1 heterocycles. The van der Waals surface area contributed by atoms with Gasteiger partial charge < -0.3 is 4.90 Å². The number of piperazine rings is 1. The lowest BCUT2D eigenvalue weighted by molar-refractivity contribution is -0.156. The second-order valence-electron chi connectivity index (χ2n) is 6.15. The van der Waals surface area contributed by atoms with Crippen LogP contribution < -0.4 is 5.32 Å². The maximum absolute atomic E-state index is 12.1. The molecule has 17 heavy (non-hydrogen) atoms. The first-order valence-corrected chi connectivity index (χ1v) is 5.69. The average molecular weight is 240 g/mol. The molecule has 0 aromatic rings. The smallest absolute Gasteiger partial charge is 0.252 e. The number of nitrogens with zero attached hydrogens (tertiary/aromatic N) is 1. The van der Waals surface area contributed by atoms with Gasteiger partial charge in [-0.2, -0.15) is 0 Å². The Hall–Kier alpha value is -1.39. The summed E-state index contributed by atoms with van der Waals surface area (Å²) < 4.78 is 0. The van der Waals surface area contributed by atoms with E-state index >= 15 is 0 Å². The van der Waals surface area contributed by atoms with Crippen molar-refractivity contribution < 1.29 is 14.4 Å². The molecule has 5 nitrogen and oxygen atoms in total. The van der Waals surface area contributed by atoms with Gasteiger partial charge in [0.2, 0.25) is 11.8 Å². The molecule has 0 bridgehead atoms. The predicted octanol–water partition coefficient (Wildman–Crippen LogP) is 0.686. The van der Waals surface area contributed by atoms with Gasteiger partial charge in [-0.25, -0.2) is 0 Å². The predicted molar refractivity (Wildman–Crippen MR) is 63.0 cm³/mol. The Morgan fingerprint density at radius 2 is 1.88 bits per heavy atom. The molecule has 1 saturated heterocycles. The van der Waals surface area contributed by atoms with E-state index in [2.05, 4.69) is 5.32 Å². The van der Waals surface area contributed by atoms with Crippen molar-refractivity contribution in [3.63, 3.8) is 0 Å². The van der Waals surface area contributed by atoms with Crippen LogP contribution in [0.25, 0.3) is 0 Å². The fourth-order valence-electron chi connectivity index (χ4n) is 1.73. The molecule has 0 aromatic heterocycles. The van der Waals surface area contributed by atoms with Crippen LogP contribution in [-0.2, 0) is 14.4 Å². The van der Waals surface area contributed by atoms with Gasteiger partial charge in [-0.15, -0.1) is 0 Å². The zero-order valence-corrected chi connectivity index (χ0v) is 11.1. The van der Waals surface area contributed by atoms with Gasteiger partial charge in [-0.3, -0.25) is 19.7 Å². The lowest BCUT2D eigenvalue weighted by atomic mass is 9.89. The Bertz CT molecular complexity index is 366. The summed E-state index contributed by atoms with van der Waals surface area (Å²) in [5.41, 5.74) is -1.12. The van der Waals surface area contributed by atoms with Gasteiger partial charge in [-0.1, -0.05) is 20.8 Å². The van der Waals surface area contributed by atoms with E-state index in [-0.39, 0.29) is 17.9 Å². The highest BCUT2D eigenvalue weighted by Gasteiger charge is 2.43. The van der Waals surface area contributed by atoms with Crippen molar-refractivity contribution in [1.82, 2.24) is 10.2 Å². The van der Waals surface area contributed by atoms with Crippen molar-refractivity contribution in [3.05, 3.63) is 0 Å². The fraction of sp³-hybridized carbons (Fsp3) is 0.750. The second kappa shape index (κ2) is 4.13. The summed E-state index contributed by atoms with van der Waals surface area (Å²) in [5.74, 6) is -1.00. The number of hydrogen-bond donors (Lipinski definition) is 1. The third-order valence-electron chi connectivity index (χ3n) is 2.77. The highest BCUT2D eigenvalue weighted by atomic mass is 16.2. The Balaban J connectivity index is 2.90. The molecule has 0 radical (unpaired) electrons. The normalized spacial score (nSPS) is 20.2. The van der Waals surface area contributed by atoms with Gasteiger partial charge in [0.25, 0.3) is 5.91 Å². The molecule has 0 saturated carbocycles. The first-order valence-electron chi connectivity index (χ1n) is 5.69. The molecule has 1 N–H and O–H groups in total. The topological polar surface area (TPSA) is 66.5 Å². The summed E-state index contributed by atoms with van der Waals surface area (Å²) in [7, 11) is 0. The van der Waals surface area contributed by atoms with Crippen LogP contribution in [0.2, 0.25) is 0 Å². The molecule has 0 aliphatic carbocycles. The summed E-state index contributed by atoms with van der Waals surface area (Å²) in [6, 6.07) is 0. The maximum Gasteiger partial charge on any atom is 0.252 e. The minimum Gasteiger partial charge on any atom is -0.319 e. The van der Waals surface area contributed by atoms with Gasteiger partial charge >= 0.3 is 0 Å². The molecule has 96 valence electrons. The fourth-order valence-corrected chi connectivity index (χ4v) is 1.73. The van der Waals surface area contributed by atoms with Crippen molar-refractivity contribution in [1.29, 1.82) is 0 Å². The second-order valence-corrected chi connectivity index (χ2v) is 6.15. The van der Waals surface area contributed by atoms with Gasteiger partial charge in [0.15, 0.2) is 0 Å². The number of carbonyl (C=O) groups excluding carboxylic acids is 3. The summed E-state index contributed by atoms with van der Waals surface area (Å²) >= 11 is 0. The molecule has 0 spiro atoms. The molecule has 1 aliphatic rings. The lowest BCUT2D eigenvalue weighted by Gasteiger charge is -2.41. The number of rotatable bonds is 1. The molecule has 5 heteroatoms. The zero-order chi connectivity index (χ0) is 13.4. The van der Waals surface area contributed by atoms with Gasteiger partial charge in [-0.05, 0) is 19.3 Å². The monoisotopic (exact) mass is 240 g/mol. The molecule has 1 rings (SSSR count). The largest absolute Gasteiger partial charge is 0.319 e. The van der Waals surface area contributed by atoms with Crippen molar-refractivity contribution in [2.24, 2.45) is 5.41 Å². The Morgan fingerprint density at radius 1 is 1.35 bits per heavy atom. The quantitative estimate of drug-likeness (QED) is 0.686. The maximum atomic E-state index is 12.1. The number of amides is 3. The van der Waals surface area contributed by atoms with Gasteiger partial charge in [0.1, 0.15) is 12.1 Å². The van der Waals surface area contributed by atoms with Crippen molar-refractivity contribution in [2.45, 2.75) is 46.6 Å². The van der Waals surface area contributed by atoms with Crippen LogP contribution in [0.3, 0.4) is 0 Å². The van der Waals surface area contributed by atoms with Crippen molar-refractivity contribution in [2.75, 3.05) is 6.54 Å². The molecular weight excluding hydrogens is 220 g/mol. The molecule has 1 fully saturated rings. The molecule has 0 aromatic carbocycles. The lowest BCUT2D eigenvalue weighted by Crippen LogP contribution is -2.65.